The Morgan fingerprint density at radius 1 is 0.971 bits per heavy atom. The van der Waals surface area contributed by atoms with Crippen LogP contribution in [0.25, 0.3) is 0 Å². The van der Waals surface area contributed by atoms with Crippen LogP contribution in [-0.4, -0.2) is 40.6 Å². The van der Waals surface area contributed by atoms with Gasteiger partial charge in [0, 0.05) is 5.69 Å². The number of ether oxygens (including phenoxy) is 2. The zero-order chi connectivity index (χ0) is 24.7. The third kappa shape index (κ3) is 5.74. The van der Waals surface area contributed by atoms with Crippen molar-refractivity contribution < 1.29 is 27.5 Å². The maximum Gasteiger partial charge on any atom is 0.338 e. The molecule has 0 spiro atoms. The van der Waals surface area contributed by atoms with Crippen molar-refractivity contribution in [2.45, 2.75) is 18.7 Å². The molecule has 3 aromatic rings. The van der Waals surface area contributed by atoms with E-state index in [2.05, 4.69) is 5.32 Å². The quantitative estimate of drug-likeness (QED) is 0.462. The van der Waals surface area contributed by atoms with E-state index in [0.29, 0.717) is 16.9 Å². The largest absolute Gasteiger partial charge is 0.495 e. The number of para-hydroxylation sites is 1. The van der Waals surface area contributed by atoms with Crippen LogP contribution in [0.2, 0.25) is 0 Å². The van der Waals surface area contributed by atoms with Gasteiger partial charge in [-0.05, 0) is 67.9 Å². The summed E-state index contributed by atoms with van der Waals surface area (Å²) >= 11 is 0. The minimum atomic E-state index is -4.14. The summed E-state index contributed by atoms with van der Waals surface area (Å²) in [6.45, 7) is 3.28. The molecular weight excluding hydrogens is 456 g/mol. The summed E-state index contributed by atoms with van der Waals surface area (Å²) in [5.41, 5.74) is 1.83. The van der Waals surface area contributed by atoms with Gasteiger partial charge in [-0.15, -0.1) is 0 Å². The van der Waals surface area contributed by atoms with Gasteiger partial charge in [-0.2, -0.15) is 0 Å². The van der Waals surface area contributed by atoms with Gasteiger partial charge in [0.05, 0.1) is 25.0 Å². The van der Waals surface area contributed by atoms with E-state index in [1.807, 2.05) is 0 Å². The Kier molecular flexibility index (Phi) is 7.91. The van der Waals surface area contributed by atoms with E-state index in [9.17, 15) is 18.0 Å². The molecule has 0 bridgehead atoms. The van der Waals surface area contributed by atoms with Gasteiger partial charge in [-0.25, -0.2) is 13.2 Å². The van der Waals surface area contributed by atoms with E-state index in [-0.39, 0.29) is 17.3 Å². The third-order valence-electron chi connectivity index (χ3n) is 4.90. The molecule has 0 aliphatic carbocycles. The summed E-state index contributed by atoms with van der Waals surface area (Å²) in [5, 5.41) is 2.68. The topological polar surface area (TPSA) is 102 Å². The summed E-state index contributed by atoms with van der Waals surface area (Å²) in [5.74, 6) is -0.835. The van der Waals surface area contributed by atoms with Gasteiger partial charge in [0.1, 0.15) is 17.2 Å². The molecule has 8 nitrogen and oxygen atoms in total. The van der Waals surface area contributed by atoms with E-state index in [0.717, 1.165) is 9.87 Å². The summed E-state index contributed by atoms with van der Waals surface area (Å²) < 4.78 is 38.6. The second kappa shape index (κ2) is 10.8. The monoisotopic (exact) mass is 482 g/mol. The smallest absolute Gasteiger partial charge is 0.338 e. The first kappa shape index (κ1) is 24.8. The van der Waals surface area contributed by atoms with Crippen molar-refractivity contribution in [3.8, 4) is 5.75 Å². The van der Waals surface area contributed by atoms with Crippen LogP contribution >= 0.6 is 0 Å². The number of hydrogen-bond acceptors (Lipinski definition) is 6. The van der Waals surface area contributed by atoms with Gasteiger partial charge in [0.15, 0.2) is 0 Å². The highest BCUT2D eigenvalue weighted by Crippen LogP contribution is 2.30. The minimum absolute atomic E-state index is 0.0366. The van der Waals surface area contributed by atoms with Gasteiger partial charge in [0.25, 0.3) is 10.0 Å². The van der Waals surface area contributed by atoms with Crippen LogP contribution in [0.4, 0.5) is 11.4 Å². The van der Waals surface area contributed by atoms with Crippen molar-refractivity contribution in [2.75, 3.05) is 29.9 Å². The maximum absolute atomic E-state index is 13.6. The van der Waals surface area contributed by atoms with Crippen LogP contribution in [0.3, 0.4) is 0 Å². The van der Waals surface area contributed by atoms with E-state index in [4.69, 9.17) is 9.47 Å². The Labute approximate surface area is 199 Å². The number of aryl methyl sites for hydroxylation is 1. The van der Waals surface area contributed by atoms with Crippen molar-refractivity contribution in [1.82, 2.24) is 0 Å². The second-order valence-corrected chi connectivity index (χ2v) is 9.18. The van der Waals surface area contributed by atoms with Crippen molar-refractivity contribution in [2.24, 2.45) is 0 Å². The molecule has 0 fully saturated rings. The molecule has 0 saturated carbocycles. The molecule has 3 rings (SSSR count). The fourth-order valence-corrected chi connectivity index (χ4v) is 4.91. The normalized spacial score (nSPS) is 10.9. The van der Waals surface area contributed by atoms with Crippen LogP contribution in [0, 0.1) is 6.92 Å². The molecule has 0 aliphatic heterocycles. The number of hydrogen-bond donors (Lipinski definition) is 1. The van der Waals surface area contributed by atoms with Crippen molar-refractivity contribution >= 4 is 33.3 Å². The molecule has 1 N–H and O–H groups in total. The number of methoxy groups -OCH3 is 1. The molecule has 178 valence electrons. The molecule has 3 aromatic carbocycles. The van der Waals surface area contributed by atoms with E-state index in [1.165, 1.54) is 25.3 Å². The summed E-state index contributed by atoms with van der Waals surface area (Å²) in [4.78, 5) is 24.6. The number of anilines is 2. The van der Waals surface area contributed by atoms with Crippen LogP contribution < -0.4 is 14.4 Å². The van der Waals surface area contributed by atoms with Gasteiger partial charge in [-0.3, -0.25) is 9.10 Å². The zero-order valence-electron chi connectivity index (χ0n) is 19.1. The Balaban J connectivity index is 1.89. The molecule has 34 heavy (non-hydrogen) atoms. The van der Waals surface area contributed by atoms with Crippen molar-refractivity contribution in [3.63, 3.8) is 0 Å². The lowest BCUT2D eigenvalue weighted by Gasteiger charge is -2.25. The summed E-state index contributed by atoms with van der Waals surface area (Å²) in [6.07, 6.45) is 0. The number of benzene rings is 3. The maximum atomic E-state index is 13.6. The lowest BCUT2D eigenvalue weighted by Crippen LogP contribution is -2.38. The molecule has 0 aliphatic rings. The minimum Gasteiger partial charge on any atom is -0.495 e. The molecule has 0 unspecified atom stereocenters. The van der Waals surface area contributed by atoms with E-state index < -0.39 is 28.4 Å². The lowest BCUT2D eigenvalue weighted by atomic mass is 10.2. The first-order valence-corrected chi connectivity index (χ1v) is 12.0. The van der Waals surface area contributed by atoms with Crippen molar-refractivity contribution in [3.05, 3.63) is 83.9 Å². The van der Waals surface area contributed by atoms with E-state index >= 15 is 0 Å². The molecule has 1 amide bonds. The average Bonchev–Trinajstić information content (AvgIpc) is 2.83. The predicted octanol–water partition coefficient (Wildman–Crippen LogP) is 4.01. The van der Waals surface area contributed by atoms with Crippen molar-refractivity contribution in [1.29, 1.82) is 0 Å². The first-order chi connectivity index (χ1) is 16.3. The standard InChI is InChI=1S/C25H26N2O6S/c1-4-33-25(29)19-11-13-20(14-12-19)26-24(28)17-27(21-8-6-5-7-9-21)34(30,31)23-16-18(2)10-15-22(23)32-3/h5-16H,4,17H2,1-3H3,(H,26,28). The number of carbonyl (C=O) groups excluding carboxylic acids is 2. The van der Waals surface area contributed by atoms with Crippen LogP contribution in [0.5, 0.6) is 5.75 Å². The average molecular weight is 483 g/mol. The van der Waals surface area contributed by atoms with Crippen LogP contribution in [0.1, 0.15) is 22.8 Å². The molecule has 0 radical (unpaired) electrons. The Morgan fingerprint density at radius 2 is 1.65 bits per heavy atom. The molecule has 0 saturated heterocycles. The number of amides is 1. The molecule has 0 atom stereocenters. The highest BCUT2D eigenvalue weighted by atomic mass is 32.2. The molecule has 0 aromatic heterocycles. The third-order valence-corrected chi connectivity index (χ3v) is 6.69. The number of rotatable bonds is 9. The number of nitrogens with one attached hydrogen (secondary N) is 1. The summed E-state index contributed by atoms with van der Waals surface area (Å²) in [6, 6.07) is 19.4. The first-order valence-electron chi connectivity index (χ1n) is 10.6. The SMILES string of the molecule is CCOC(=O)c1ccc(NC(=O)CN(c2ccccc2)S(=O)(=O)c2cc(C)ccc2OC)cc1. The molecule has 0 heterocycles. The van der Waals surface area contributed by atoms with Crippen LogP contribution in [-0.2, 0) is 19.6 Å². The van der Waals surface area contributed by atoms with Gasteiger partial charge in [0.2, 0.25) is 5.91 Å². The Morgan fingerprint density at radius 3 is 2.26 bits per heavy atom. The van der Waals surface area contributed by atoms with Crippen LogP contribution in [0.15, 0.2) is 77.7 Å². The van der Waals surface area contributed by atoms with Gasteiger partial charge in [-0.1, -0.05) is 24.3 Å². The number of esters is 1. The number of nitrogens with zero attached hydrogens (tertiary/aromatic N) is 1. The number of carbonyl (C=O) groups is 2. The molecular formula is C25H26N2O6S. The molecule has 9 heteroatoms. The highest BCUT2D eigenvalue weighted by Gasteiger charge is 2.30. The lowest BCUT2D eigenvalue weighted by molar-refractivity contribution is -0.114. The Bertz CT molecular complexity index is 1260. The fourth-order valence-electron chi connectivity index (χ4n) is 3.25. The zero-order valence-corrected chi connectivity index (χ0v) is 20.0. The Hall–Kier alpha value is -3.85. The fraction of sp³-hybridized carbons (Fsp3) is 0.200. The van der Waals surface area contributed by atoms with Gasteiger partial charge >= 0.3 is 5.97 Å². The summed E-state index contributed by atoms with van der Waals surface area (Å²) in [7, 11) is -2.75. The highest BCUT2D eigenvalue weighted by molar-refractivity contribution is 7.93. The second-order valence-electron chi connectivity index (χ2n) is 7.35. The van der Waals surface area contributed by atoms with Gasteiger partial charge < -0.3 is 14.8 Å². The predicted molar refractivity (Wildman–Crippen MR) is 130 cm³/mol. The number of sulfonamides is 1. The van der Waals surface area contributed by atoms with E-state index in [1.54, 1.807) is 68.4 Å².